The lowest BCUT2D eigenvalue weighted by Gasteiger charge is -2.20. The number of hydrogen-bond acceptors (Lipinski definition) is 3. The van der Waals surface area contributed by atoms with Gasteiger partial charge in [-0.2, -0.15) is 0 Å². The van der Waals surface area contributed by atoms with Crippen molar-refractivity contribution < 1.29 is 4.79 Å². The zero-order valence-electron chi connectivity index (χ0n) is 10.9. The quantitative estimate of drug-likeness (QED) is 0.785. The van der Waals surface area contributed by atoms with E-state index in [0.717, 1.165) is 25.9 Å². The number of pyridine rings is 1. The molecule has 0 radical (unpaired) electrons. The molecule has 1 N–H and O–H groups in total. The smallest absolute Gasteiger partial charge is 0.137 e. The van der Waals surface area contributed by atoms with Gasteiger partial charge in [0.1, 0.15) is 5.78 Å². The Morgan fingerprint density at radius 3 is 2.89 bits per heavy atom. The number of Topliss-reactive ketones (excluding diaryl/α,β-unsaturated/α-hetero) is 1. The molecular formula is C15H22N2O. The maximum absolute atomic E-state index is 12.0. The number of carbonyl (C=O) groups excluding carboxylic acids is 1. The van der Waals surface area contributed by atoms with Crippen molar-refractivity contribution in [1.29, 1.82) is 0 Å². The van der Waals surface area contributed by atoms with Gasteiger partial charge < -0.3 is 5.32 Å². The second kappa shape index (κ2) is 7.27. The van der Waals surface area contributed by atoms with Gasteiger partial charge in [-0.1, -0.05) is 25.3 Å². The zero-order valence-corrected chi connectivity index (χ0v) is 10.9. The van der Waals surface area contributed by atoms with Gasteiger partial charge in [0.2, 0.25) is 0 Å². The van der Waals surface area contributed by atoms with E-state index < -0.39 is 0 Å². The Bertz CT molecular complexity index is 358. The third-order valence-electron chi connectivity index (χ3n) is 3.66. The molecule has 0 amide bonds. The van der Waals surface area contributed by atoms with Crippen LogP contribution in [0.4, 0.5) is 0 Å². The molecule has 0 aromatic carbocycles. The molecule has 0 aliphatic heterocycles. The van der Waals surface area contributed by atoms with Gasteiger partial charge in [0.15, 0.2) is 0 Å². The lowest BCUT2D eigenvalue weighted by Crippen LogP contribution is -2.23. The van der Waals surface area contributed by atoms with Crippen molar-refractivity contribution in [3.05, 3.63) is 30.1 Å². The Labute approximate surface area is 109 Å². The van der Waals surface area contributed by atoms with Crippen LogP contribution in [0.15, 0.2) is 24.5 Å². The fourth-order valence-electron chi connectivity index (χ4n) is 2.58. The van der Waals surface area contributed by atoms with Crippen LogP contribution in [-0.4, -0.2) is 17.3 Å². The Hall–Kier alpha value is -1.22. The molecule has 0 saturated heterocycles. The van der Waals surface area contributed by atoms with Gasteiger partial charge in [-0.15, -0.1) is 0 Å². The van der Waals surface area contributed by atoms with Crippen LogP contribution in [0.1, 0.15) is 44.1 Å². The van der Waals surface area contributed by atoms with Gasteiger partial charge in [-0.25, -0.2) is 0 Å². The molecule has 18 heavy (non-hydrogen) atoms. The van der Waals surface area contributed by atoms with E-state index in [4.69, 9.17) is 0 Å². The van der Waals surface area contributed by atoms with Crippen molar-refractivity contribution in [1.82, 2.24) is 10.3 Å². The SMILES string of the molecule is O=C(CCNCc1cccnc1)C1CCCCC1. The molecule has 1 aliphatic rings. The predicted octanol–water partition coefficient (Wildman–Crippen LogP) is 2.71. The number of rotatable bonds is 6. The molecule has 3 nitrogen and oxygen atoms in total. The molecule has 1 saturated carbocycles. The van der Waals surface area contributed by atoms with Crippen molar-refractivity contribution in [3.8, 4) is 0 Å². The third-order valence-corrected chi connectivity index (χ3v) is 3.66. The highest BCUT2D eigenvalue weighted by atomic mass is 16.1. The second-order valence-electron chi connectivity index (χ2n) is 5.09. The summed E-state index contributed by atoms with van der Waals surface area (Å²) in [6.07, 6.45) is 10.3. The lowest BCUT2D eigenvalue weighted by molar-refractivity contribution is -0.123. The van der Waals surface area contributed by atoms with E-state index in [2.05, 4.69) is 10.3 Å². The topological polar surface area (TPSA) is 42.0 Å². The van der Waals surface area contributed by atoms with Crippen LogP contribution in [-0.2, 0) is 11.3 Å². The van der Waals surface area contributed by atoms with Crippen LogP contribution in [0.2, 0.25) is 0 Å². The molecule has 1 aliphatic carbocycles. The van der Waals surface area contributed by atoms with Crippen LogP contribution < -0.4 is 5.32 Å². The molecule has 1 aromatic heterocycles. The van der Waals surface area contributed by atoms with Gasteiger partial charge in [0.25, 0.3) is 0 Å². The van der Waals surface area contributed by atoms with Gasteiger partial charge in [0.05, 0.1) is 0 Å². The Balaban J connectivity index is 1.61. The van der Waals surface area contributed by atoms with Gasteiger partial charge in [0, 0.05) is 37.8 Å². The van der Waals surface area contributed by atoms with Crippen molar-refractivity contribution in [2.75, 3.05) is 6.54 Å². The number of ketones is 1. The first kappa shape index (κ1) is 13.2. The summed E-state index contributed by atoms with van der Waals surface area (Å²) in [6.45, 7) is 1.58. The van der Waals surface area contributed by atoms with Gasteiger partial charge >= 0.3 is 0 Å². The van der Waals surface area contributed by atoms with Crippen molar-refractivity contribution in [2.24, 2.45) is 5.92 Å². The molecule has 0 bridgehead atoms. The molecule has 0 atom stereocenters. The largest absolute Gasteiger partial charge is 0.312 e. The summed E-state index contributed by atoms with van der Waals surface area (Å²) in [6, 6.07) is 3.98. The maximum atomic E-state index is 12.0. The van der Waals surface area contributed by atoms with E-state index in [-0.39, 0.29) is 0 Å². The second-order valence-corrected chi connectivity index (χ2v) is 5.09. The minimum Gasteiger partial charge on any atom is -0.312 e. The molecule has 1 fully saturated rings. The highest BCUT2D eigenvalue weighted by Crippen LogP contribution is 2.24. The first-order valence-electron chi connectivity index (χ1n) is 6.98. The molecule has 1 heterocycles. The maximum Gasteiger partial charge on any atom is 0.137 e. The van der Waals surface area contributed by atoms with E-state index in [1.807, 2.05) is 18.3 Å². The summed E-state index contributed by atoms with van der Waals surface area (Å²) in [5, 5.41) is 3.31. The predicted molar refractivity (Wildman–Crippen MR) is 72.1 cm³/mol. The first-order chi connectivity index (χ1) is 8.86. The fourth-order valence-corrected chi connectivity index (χ4v) is 2.58. The van der Waals surface area contributed by atoms with Crippen LogP contribution in [0.3, 0.4) is 0 Å². The average Bonchev–Trinajstić information content (AvgIpc) is 2.45. The van der Waals surface area contributed by atoms with E-state index in [0.29, 0.717) is 18.1 Å². The molecule has 2 rings (SSSR count). The van der Waals surface area contributed by atoms with E-state index in [1.54, 1.807) is 6.20 Å². The molecule has 98 valence electrons. The third kappa shape index (κ3) is 4.22. The fraction of sp³-hybridized carbons (Fsp3) is 0.600. The van der Waals surface area contributed by atoms with E-state index >= 15 is 0 Å². The van der Waals surface area contributed by atoms with Crippen LogP contribution in [0, 0.1) is 5.92 Å². The molecular weight excluding hydrogens is 224 g/mol. The van der Waals surface area contributed by atoms with Crippen molar-refractivity contribution in [3.63, 3.8) is 0 Å². The first-order valence-corrected chi connectivity index (χ1v) is 6.98. The molecule has 3 heteroatoms. The summed E-state index contributed by atoms with van der Waals surface area (Å²) < 4.78 is 0. The van der Waals surface area contributed by atoms with Gasteiger partial charge in [-0.3, -0.25) is 9.78 Å². The summed E-state index contributed by atoms with van der Waals surface area (Å²) in [5.74, 6) is 0.798. The summed E-state index contributed by atoms with van der Waals surface area (Å²) in [7, 11) is 0. The standard InChI is InChI=1S/C15H22N2O/c18-15(14-6-2-1-3-7-14)8-10-17-12-13-5-4-9-16-11-13/h4-5,9,11,14,17H,1-3,6-8,10,12H2. The summed E-state index contributed by atoms with van der Waals surface area (Å²) >= 11 is 0. The minimum atomic E-state index is 0.346. The van der Waals surface area contributed by atoms with E-state index in [1.165, 1.54) is 24.8 Å². The monoisotopic (exact) mass is 246 g/mol. The Kier molecular flexibility index (Phi) is 5.34. The highest BCUT2D eigenvalue weighted by molar-refractivity contribution is 5.81. The number of nitrogens with one attached hydrogen (secondary N) is 1. The van der Waals surface area contributed by atoms with Crippen LogP contribution >= 0.6 is 0 Å². The van der Waals surface area contributed by atoms with E-state index in [9.17, 15) is 4.79 Å². The molecule has 0 spiro atoms. The van der Waals surface area contributed by atoms with Gasteiger partial charge in [-0.05, 0) is 24.5 Å². The van der Waals surface area contributed by atoms with Crippen molar-refractivity contribution >= 4 is 5.78 Å². The summed E-state index contributed by atoms with van der Waals surface area (Å²) in [4.78, 5) is 16.0. The lowest BCUT2D eigenvalue weighted by atomic mass is 9.85. The highest BCUT2D eigenvalue weighted by Gasteiger charge is 2.20. The minimum absolute atomic E-state index is 0.346. The number of hydrogen-bond donors (Lipinski definition) is 1. The normalized spacial score (nSPS) is 16.7. The van der Waals surface area contributed by atoms with Crippen LogP contribution in [0.25, 0.3) is 0 Å². The summed E-state index contributed by atoms with van der Waals surface area (Å²) in [5.41, 5.74) is 1.17. The molecule has 0 unspecified atom stereocenters. The van der Waals surface area contributed by atoms with Crippen LogP contribution in [0.5, 0.6) is 0 Å². The Morgan fingerprint density at radius 1 is 1.33 bits per heavy atom. The average molecular weight is 246 g/mol. The Morgan fingerprint density at radius 2 is 2.17 bits per heavy atom. The zero-order chi connectivity index (χ0) is 12.6. The number of carbonyl (C=O) groups is 1. The number of aromatic nitrogens is 1. The number of nitrogens with zero attached hydrogens (tertiary/aromatic N) is 1. The van der Waals surface area contributed by atoms with Crippen molar-refractivity contribution in [2.45, 2.75) is 45.1 Å². The molecule has 1 aromatic rings.